The zero-order valence-corrected chi connectivity index (χ0v) is 7.11. The van der Waals surface area contributed by atoms with Gasteiger partial charge in [-0.05, 0) is 17.7 Å². The Morgan fingerprint density at radius 3 is 2.77 bits per heavy atom. The third kappa shape index (κ3) is 2.05. The van der Waals surface area contributed by atoms with E-state index >= 15 is 0 Å². The van der Waals surface area contributed by atoms with Crippen LogP contribution in [0.1, 0.15) is 12.0 Å². The van der Waals surface area contributed by atoms with Crippen LogP contribution in [0.4, 0.5) is 4.39 Å². The van der Waals surface area contributed by atoms with Crippen LogP contribution in [0.3, 0.4) is 0 Å². The molecular weight excluding hydrogens is 169 g/mol. The van der Waals surface area contributed by atoms with Gasteiger partial charge in [-0.25, -0.2) is 4.39 Å². The molecule has 0 amide bonds. The van der Waals surface area contributed by atoms with Gasteiger partial charge in [0, 0.05) is 19.1 Å². The van der Waals surface area contributed by atoms with Crippen molar-refractivity contribution in [3.63, 3.8) is 0 Å². The summed E-state index contributed by atoms with van der Waals surface area (Å²) in [5.74, 6) is -0.202. The molecule has 0 aromatic heterocycles. The van der Waals surface area contributed by atoms with Crippen LogP contribution in [-0.2, 0) is 11.3 Å². The molecule has 1 atom stereocenters. The average molecular weight is 179 g/mol. The largest absolute Gasteiger partial charge is 0.392 e. The van der Waals surface area contributed by atoms with E-state index in [2.05, 4.69) is 5.16 Å². The van der Waals surface area contributed by atoms with E-state index in [-0.39, 0.29) is 11.9 Å². The second-order valence-corrected chi connectivity index (χ2v) is 3.08. The first-order valence-electron chi connectivity index (χ1n) is 4.27. The highest BCUT2D eigenvalue weighted by atomic mass is 19.1. The highest BCUT2D eigenvalue weighted by molar-refractivity contribution is 5.58. The van der Waals surface area contributed by atoms with Gasteiger partial charge in [-0.2, -0.15) is 0 Å². The minimum atomic E-state index is -0.202. The number of halogens is 1. The lowest BCUT2D eigenvalue weighted by Crippen LogP contribution is -2.08. The van der Waals surface area contributed by atoms with E-state index in [0.717, 1.165) is 18.4 Å². The molecule has 3 heteroatoms. The fourth-order valence-electron chi connectivity index (χ4n) is 1.34. The number of hydrogen-bond donors (Lipinski definition) is 0. The van der Waals surface area contributed by atoms with E-state index in [1.807, 2.05) is 0 Å². The molecule has 0 bridgehead atoms. The molecule has 1 heterocycles. The predicted octanol–water partition coefficient (Wildman–Crippen LogP) is 2.14. The minimum Gasteiger partial charge on any atom is -0.392 e. The van der Waals surface area contributed by atoms with Crippen molar-refractivity contribution in [2.45, 2.75) is 18.9 Å². The van der Waals surface area contributed by atoms with Crippen molar-refractivity contribution < 1.29 is 9.23 Å². The predicted molar refractivity (Wildman–Crippen MR) is 48.1 cm³/mol. The number of rotatable bonds is 2. The van der Waals surface area contributed by atoms with Gasteiger partial charge in [-0.15, -0.1) is 0 Å². The van der Waals surface area contributed by atoms with Crippen LogP contribution >= 0.6 is 0 Å². The quantitative estimate of drug-likeness (QED) is 0.681. The molecule has 2 nitrogen and oxygen atoms in total. The van der Waals surface area contributed by atoms with Gasteiger partial charge >= 0.3 is 0 Å². The van der Waals surface area contributed by atoms with Gasteiger partial charge in [0.2, 0.25) is 0 Å². The standard InChI is InChI=1S/C10H10FNO/c11-9-3-1-8(2-4-9)7-10-5-6-12-13-10/h1-4,6,10H,5,7H2. The van der Waals surface area contributed by atoms with Crippen molar-refractivity contribution in [3.05, 3.63) is 35.6 Å². The van der Waals surface area contributed by atoms with Crippen molar-refractivity contribution in [3.8, 4) is 0 Å². The van der Waals surface area contributed by atoms with Crippen molar-refractivity contribution in [2.24, 2.45) is 5.16 Å². The van der Waals surface area contributed by atoms with E-state index in [4.69, 9.17) is 4.84 Å². The van der Waals surface area contributed by atoms with Gasteiger partial charge in [0.25, 0.3) is 0 Å². The zero-order chi connectivity index (χ0) is 9.10. The first kappa shape index (κ1) is 8.23. The molecule has 0 radical (unpaired) electrons. The number of oxime groups is 1. The molecule has 1 aromatic carbocycles. The van der Waals surface area contributed by atoms with E-state index in [1.54, 1.807) is 18.3 Å². The van der Waals surface area contributed by atoms with E-state index in [1.165, 1.54) is 12.1 Å². The van der Waals surface area contributed by atoms with Gasteiger partial charge in [0.1, 0.15) is 11.9 Å². The van der Waals surface area contributed by atoms with Crippen LogP contribution in [0.15, 0.2) is 29.4 Å². The Kier molecular flexibility index (Phi) is 2.25. The first-order valence-corrected chi connectivity index (χ1v) is 4.27. The second-order valence-electron chi connectivity index (χ2n) is 3.08. The summed E-state index contributed by atoms with van der Waals surface area (Å²) in [6, 6.07) is 6.48. The van der Waals surface area contributed by atoms with Gasteiger partial charge < -0.3 is 4.84 Å². The summed E-state index contributed by atoms with van der Waals surface area (Å²) in [6.45, 7) is 0. The fourth-order valence-corrected chi connectivity index (χ4v) is 1.34. The smallest absolute Gasteiger partial charge is 0.136 e. The third-order valence-electron chi connectivity index (χ3n) is 2.03. The second kappa shape index (κ2) is 3.56. The maximum absolute atomic E-state index is 12.5. The minimum absolute atomic E-state index is 0.130. The molecule has 0 saturated heterocycles. The molecule has 0 N–H and O–H groups in total. The molecule has 1 aliphatic heterocycles. The Bertz CT molecular complexity index is 299. The molecule has 0 spiro atoms. The van der Waals surface area contributed by atoms with Crippen LogP contribution in [-0.4, -0.2) is 12.3 Å². The molecule has 1 aromatic rings. The maximum atomic E-state index is 12.5. The molecular formula is C10H10FNO. The molecule has 1 unspecified atom stereocenters. The Balaban J connectivity index is 1.97. The lowest BCUT2D eigenvalue weighted by atomic mass is 10.1. The maximum Gasteiger partial charge on any atom is 0.136 e. The van der Waals surface area contributed by atoms with E-state index < -0.39 is 0 Å². The Morgan fingerprint density at radius 1 is 1.38 bits per heavy atom. The Labute approximate surface area is 76.0 Å². The summed E-state index contributed by atoms with van der Waals surface area (Å²) in [5, 5.41) is 3.68. The average Bonchev–Trinajstić information content (AvgIpc) is 2.62. The SMILES string of the molecule is Fc1ccc(CC2CC=NO2)cc1. The third-order valence-corrected chi connectivity index (χ3v) is 2.03. The van der Waals surface area contributed by atoms with E-state index in [9.17, 15) is 4.39 Å². The van der Waals surface area contributed by atoms with Crippen molar-refractivity contribution in [1.29, 1.82) is 0 Å². The molecule has 0 fully saturated rings. The van der Waals surface area contributed by atoms with Crippen LogP contribution in [0.2, 0.25) is 0 Å². The van der Waals surface area contributed by atoms with Crippen LogP contribution < -0.4 is 0 Å². The monoisotopic (exact) mass is 179 g/mol. The van der Waals surface area contributed by atoms with Gasteiger partial charge in [-0.3, -0.25) is 0 Å². The highest BCUT2D eigenvalue weighted by Crippen LogP contribution is 2.12. The molecule has 0 saturated carbocycles. The molecule has 13 heavy (non-hydrogen) atoms. The van der Waals surface area contributed by atoms with Gasteiger partial charge in [-0.1, -0.05) is 17.3 Å². The zero-order valence-electron chi connectivity index (χ0n) is 7.11. The summed E-state index contributed by atoms with van der Waals surface area (Å²) < 4.78 is 12.5. The summed E-state index contributed by atoms with van der Waals surface area (Å²) in [4.78, 5) is 5.06. The van der Waals surface area contributed by atoms with Crippen molar-refractivity contribution in [2.75, 3.05) is 0 Å². The topological polar surface area (TPSA) is 21.6 Å². The fraction of sp³-hybridized carbons (Fsp3) is 0.300. The molecule has 1 aliphatic rings. The highest BCUT2D eigenvalue weighted by Gasteiger charge is 2.13. The van der Waals surface area contributed by atoms with Gasteiger partial charge in [0.05, 0.1) is 0 Å². The van der Waals surface area contributed by atoms with Crippen LogP contribution in [0.25, 0.3) is 0 Å². The lowest BCUT2D eigenvalue weighted by Gasteiger charge is -2.07. The molecule has 0 aliphatic carbocycles. The summed E-state index contributed by atoms with van der Waals surface area (Å²) >= 11 is 0. The summed E-state index contributed by atoms with van der Waals surface area (Å²) in [5.41, 5.74) is 1.08. The Morgan fingerprint density at radius 2 is 2.15 bits per heavy atom. The van der Waals surface area contributed by atoms with Crippen LogP contribution in [0.5, 0.6) is 0 Å². The summed E-state index contributed by atoms with van der Waals surface area (Å²) in [7, 11) is 0. The van der Waals surface area contributed by atoms with E-state index in [0.29, 0.717) is 0 Å². The molecule has 2 rings (SSSR count). The van der Waals surface area contributed by atoms with Gasteiger partial charge in [0.15, 0.2) is 0 Å². The van der Waals surface area contributed by atoms with Crippen molar-refractivity contribution >= 4 is 6.21 Å². The number of nitrogens with zero attached hydrogens (tertiary/aromatic N) is 1. The Hall–Kier alpha value is -1.38. The van der Waals surface area contributed by atoms with Crippen LogP contribution in [0, 0.1) is 5.82 Å². The lowest BCUT2D eigenvalue weighted by molar-refractivity contribution is 0.0859. The summed E-state index contributed by atoms with van der Waals surface area (Å²) in [6.07, 6.45) is 3.52. The molecule has 68 valence electrons. The first-order chi connectivity index (χ1) is 6.34. The normalized spacial score (nSPS) is 20.2. The number of hydrogen-bond acceptors (Lipinski definition) is 2. The van der Waals surface area contributed by atoms with Crippen molar-refractivity contribution in [1.82, 2.24) is 0 Å². The number of benzene rings is 1.